The zero-order valence-corrected chi connectivity index (χ0v) is 18.4. The molecule has 1 unspecified atom stereocenters. The van der Waals surface area contributed by atoms with Crippen molar-refractivity contribution >= 4 is 40.1 Å². The lowest BCUT2D eigenvalue weighted by Crippen LogP contribution is -2.46. The van der Waals surface area contributed by atoms with Gasteiger partial charge in [-0.25, -0.2) is 9.79 Å². The largest absolute Gasteiger partial charge is 0.463 e. The summed E-state index contributed by atoms with van der Waals surface area (Å²) in [6.07, 6.45) is 0. The van der Waals surface area contributed by atoms with Gasteiger partial charge in [0.15, 0.2) is 5.41 Å². The molecule has 6 heteroatoms. The number of aryl methyl sites for hydroxylation is 2. The van der Waals surface area contributed by atoms with Gasteiger partial charge in [0.25, 0.3) is 0 Å². The number of rotatable bonds is 4. The van der Waals surface area contributed by atoms with E-state index in [-0.39, 0.29) is 12.5 Å². The Balaban J connectivity index is 2.03. The van der Waals surface area contributed by atoms with Crippen molar-refractivity contribution in [3.8, 4) is 0 Å². The Morgan fingerprint density at radius 3 is 2.57 bits per heavy atom. The fourth-order valence-corrected chi connectivity index (χ4v) is 5.48. The summed E-state index contributed by atoms with van der Waals surface area (Å²) in [5.74, 6) is -0.618. The van der Waals surface area contributed by atoms with E-state index in [1.54, 1.807) is 17.2 Å². The highest BCUT2D eigenvalue weighted by atomic mass is 32.2. The van der Waals surface area contributed by atoms with Gasteiger partial charge < -0.3 is 9.64 Å². The monoisotopic (exact) mass is 420 g/mol. The zero-order valence-electron chi connectivity index (χ0n) is 17.6. The SMILES string of the molecule is CCOC(=O)C1=CSC(=Nc2ccccc2)C12C(=O)N(CC)c1c(C)cc(C)cc12. The number of anilines is 1. The Morgan fingerprint density at radius 1 is 1.17 bits per heavy atom. The third-order valence-electron chi connectivity index (χ3n) is 5.50. The standard InChI is InChI=1S/C24H24N2O3S/c1-5-26-20-16(4)12-15(3)13-18(20)24(23(26)28)19(21(27)29-6-2)14-30-22(24)25-17-10-8-7-9-11-17/h7-14H,5-6H2,1-4H3. The van der Waals surface area contributed by atoms with Gasteiger partial charge in [0.2, 0.25) is 5.91 Å². The molecule has 2 heterocycles. The van der Waals surface area contributed by atoms with E-state index in [4.69, 9.17) is 9.73 Å². The van der Waals surface area contributed by atoms with Gasteiger partial charge in [-0.2, -0.15) is 0 Å². The van der Waals surface area contributed by atoms with Gasteiger partial charge in [0.1, 0.15) is 5.04 Å². The summed E-state index contributed by atoms with van der Waals surface area (Å²) in [6, 6.07) is 13.6. The summed E-state index contributed by atoms with van der Waals surface area (Å²) in [4.78, 5) is 33.6. The predicted octanol–water partition coefficient (Wildman–Crippen LogP) is 4.83. The summed E-state index contributed by atoms with van der Waals surface area (Å²) in [7, 11) is 0. The predicted molar refractivity (Wildman–Crippen MR) is 121 cm³/mol. The molecule has 2 aliphatic heterocycles. The van der Waals surface area contributed by atoms with Crippen molar-refractivity contribution in [1.29, 1.82) is 0 Å². The number of thioether (sulfide) groups is 1. The molecule has 5 nitrogen and oxygen atoms in total. The zero-order chi connectivity index (χ0) is 21.5. The lowest BCUT2D eigenvalue weighted by atomic mass is 9.75. The molecule has 0 aromatic heterocycles. The second-order valence-electron chi connectivity index (χ2n) is 7.40. The molecular formula is C24H24N2O3S. The molecule has 4 rings (SSSR count). The molecule has 1 spiro atoms. The number of carbonyl (C=O) groups is 2. The topological polar surface area (TPSA) is 59.0 Å². The first-order valence-electron chi connectivity index (χ1n) is 10.1. The fourth-order valence-electron chi connectivity index (χ4n) is 4.34. The average molecular weight is 421 g/mol. The van der Waals surface area contributed by atoms with Gasteiger partial charge in [0.05, 0.1) is 23.6 Å². The minimum absolute atomic E-state index is 0.146. The number of hydrogen-bond donors (Lipinski definition) is 0. The molecule has 0 saturated heterocycles. The summed E-state index contributed by atoms with van der Waals surface area (Å²) < 4.78 is 5.36. The van der Waals surface area contributed by atoms with Crippen molar-refractivity contribution in [2.24, 2.45) is 4.99 Å². The number of para-hydroxylation sites is 1. The summed E-state index contributed by atoms with van der Waals surface area (Å²) in [5, 5.41) is 2.32. The highest BCUT2D eigenvalue weighted by molar-refractivity contribution is 8.17. The molecular weight excluding hydrogens is 396 g/mol. The van der Waals surface area contributed by atoms with Crippen molar-refractivity contribution < 1.29 is 14.3 Å². The van der Waals surface area contributed by atoms with Gasteiger partial charge in [0, 0.05) is 12.1 Å². The Kier molecular flexibility index (Phi) is 5.28. The van der Waals surface area contributed by atoms with Crippen LogP contribution in [0.5, 0.6) is 0 Å². The van der Waals surface area contributed by atoms with Gasteiger partial charge in [-0.1, -0.05) is 47.7 Å². The van der Waals surface area contributed by atoms with E-state index >= 15 is 0 Å². The van der Waals surface area contributed by atoms with E-state index < -0.39 is 11.4 Å². The molecule has 2 aromatic carbocycles. The lowest BCUT2D eigenvalue weighted by Gasteiger charge is -2.26. The van der Waals surface area contributed by atoms with Crippen LogP contribution in [0.1, 0.15) is 30.5 Å². The molecule has 0 saturated carbocycles. The number of benzene rings is 2. The number of aliphatic imine (C=N–C) groups is 1. The minimum Gasteiger partial charge on any atom is -0.463 e. The molecule has 0 aliphatic carbocycles. The molecule has 2 aliphatic rings. The first-order chi connectivity index (χ1) is 14.4. The number of hydrogen-bond acceptors (Lipinski definition) is 5. The maximum absolute atomic E-state index is 14.0. The maximum atomic E-state index is 14.0. The van der Waals surface area contributed by atoms with Crippen molar-refractivity contribution in [3.63, 3.8) is 0 Å². The number of fused-ring (bicyclic) bond motifs is 2. The molecule has 0 radical (unpaired) electrons. The van der Waals surface area contributed by atoms with Crippen molar-refractivity contribution in [2.45, 2.75) is 33.1 Å². The van der Waals surface area contributed by atoms with Crippen LogP contribution in [0.15, 0.2) is 58.4 Å². The molecule has 30 heavy (non-hydrogen) atoms. The number of carbonyl (C=O) groups excluding carboxylic acids is 2. The van der Waals surface area contributed by atoms with E-state index in [2.05, 4.69) is 6.07 Å². The van der Waals surface area contributed by atoms with Gasteiger partial charge in [-0.05, 0) is 50.8 Å². The Bertz CT molecular complexity index is 1090. The van der Waals surface area contributed by atoms with Crippen LogP contribution >= 0.6 is 11.8 Å². The number of likely N-dealkylation sites (N-methyl/N-ethyl adjacent to an activating group) is 1. The van der Waals surface area contributed by atoms with Crippen LogP contribution in [-0.4, -0.2) is 30.1 Å². The van der Waals surface area contributed by atoms with Gasteiger partial charge in [-0.15, -0.1) is 0 Å². The van der Waals surface area contributed by atoms with Crippen LogP contribution in [0.4, 0.5) is 11.4 Å². The van der Waals surface area contributed by atoms with Gasteiger partial charge in [-0.3, -0.25) is 4.79 Å². The molecule has 2 aromatic rings. The maximum Gasteiger partial charge on any atom is 0.336 e. The first-order valence-corrected chi connectivity index (χ1v) is 10.9. The van der Waals surface area contributed by atoms with E-state index in [1.807, 2.05) is 57.2 Å². The summed E-state index contributed by atoms with van der Waals surface area (Å²) >= 11 is 1.33. The van der Waals surface area contributed by atoms with E-state index in [0.717, 1.165) is 28.1 Å². The number of ether oxygens (including phenoxy) is 1. The molecule has 154 valence electrons. The van der Waals surface area contributed by atoms with Crippen molar-refractivity contribution in [3.05, 3.63) is 70.1 Å². The van der Waals surface area contributed by atoms with Crippen LogP contribution in [0.2, 0.25) is 0 Å². The Hall–Kier alpha value is -2.86. The van der Waals surface area contributed by atoms with Crippen LogP contribution in [0, 0.1) is 13.8 Å². The molecule has 0 bridgehead atoms. The third kappa shape index (κ3) is 2.89. The fraction of sp³-hybridized carbons (Fsp3) is 0.292. The van der Waals surface area contributed by atoms with Crippen molar-refractivity contribution in [1.82, 2.24) is 0 Å². The van der Waals surface area contributed by atoms with Gasteiger partial charge >= 0.3 is 5.97 Å². The molecule has 1 atom stereocenters. The Morgan fingerprint density at radius 2 is 1.90 bits per heavy atom. The smallest absolute Gasteiger partial charge is 0.336 e. The molecule has 0 fully saturated rings. The summed E-state index contributed by atoms with van der Waals surface area (Å²) in [6.45, 7) is 8.48. The molecule has 0 N–H and O–H groups in total. The number of nitrogens with zero attached hydrogens (tertiary/aromatic N) is 2. The van der Waals surface area contributed by atoms with E-state index in [1.165, 1.54) is 11.8 Å². The van der Waals surface area contributed by atoms with E-state index in [0.29, 0.717) is 17.2 Å². The van der Waals surface area contributed by atoms with Crippen LogP contribution < -0.4 is 4.90 Å². The normalized spacial score (nSPS) is 21.3. The third-order valence-corrected chi connectivity index (χ3v) is 6.47. The second kappa shape index (κ2) is 7.76. The van der Waals surface area contributed by atoms with Crippen LogP contribution in [-0.2, 0) is 19.7 Å². The second-order valence-corrected chi connectivity index (χ2v) is 8.26. The Labute approximate surface area is 180 Å². The summed E-state index contributed by atoms with van der Waals surface area (Å²) in [5.41, 5.74) is 3.54. The lowest BCUT2D eigenvalue weighted by molar-refractivity contribution is -0.140. The van der Waals surface area contributed by atoms with Crippen LogP contribution in [0.25, 0.3) is 0 Å². The first kappa shape index (κ1) is 20.4. The number of esters is 1. The quantitative estimate of drug-likeness (QED) is 0.665. The highest BCUT2D eigenvalue weighted by Crippen LogP contribution is 2.55. The average Bonchev–Trinajstić information content (AvgIpc) is 3.21. The minimum atomic E-state index is -1.27. The van der Waals surface area contributed by atoms with E-state index in [9.17, 15) is 9.59 Å². The highest BCUT2D eigenvalue weighted by Gasteiger charge is 2.61. The van der Waals surface area contributed by atoms with Crippen molar-refractivity contribution in [2.75, 3.05) is 18.1 Å². The number of amides is 1. The van der Waals surface area contributed by atoms with Crippen LogP contribution in [0.3, 0.4) is 0 Å². The molecule has 1 amide bonds.